The van der Waals surface area contributed by atoms with Gasteiger partial charge in [0.25, 0.3) is 0 Å². The lowest BCUT2D eigenvalue weighted by Gasteiger charge is -2.13. The second-order valence-electron chi connectivity index (χ2n) is 3.52. The van der Waals surface area contributed by atoms with Gasteiger partial charge in [0.05, 0.1) is 5.69 Å². The van der Waals surface area contributed by atoms with Crippen LogP contribution < -0.4 is 0 Å². The number of benzene rings is 1. The molecule has 0 saturated heterocycles. The molecule has 1 aromatic heterocycles. The zero-order valence-corrected chi connectivity index (χ0v) is 10.4. The normalized spacial score (nSPS) is 13.2. The van der Waals surface area contributed by atoms with Crippen LogP contribution in [0.3, 0.4) is 0 Å². The van der Waals surface area contributed by atoms with Gasteiger partial charge < -0.3 is 0 Å². The van der Waals surface area contributed by atoms with Crippen LogP contribution in [0.1, 0.15) is 16.5 Å². The van der Waals surface area contributed by atoms with Crippen molar-refractivity contribution in [2.24, 2.45) is 0 Å². The molecule has 0 saturated carbocycles. The Hall–Kier alpha value is -1.39. The van der Waals surface area contributed by atoms with E-state index in [0.717, 1.165) is 0 Å². The van der Waals surface area contributed by atoms with Gasteiger partial charge in [0.2, 0.25) is 9.05 Å². The Bertz CT molecular complexity index is 545. The lowest BCUT2D eigenvalue weighted by atomic mass is 10.1. The van der Waals surface area contributed by atoms with Crippen molar-refractivity contribution >= 4 is 19.7 Å². The summed E-state index contributed by atoms with van der Waals surface area (Å²) in [5, 5.41) is -0.924. The molecule has 0 aliphatic carbocycles. The van der Waals surface area contributed by atoms with Crippen molar-refractivity contribution in [1.29, 1.82) is 0 Å². The van der Waals surface area contributed by atoms with Crippen molar-refractivity contribution in [2.75, 3.05) is 0 Å². The second-order valence-corrected chi connectivity index (χ2v) is 6.23. The van der Waals surface area contributed by atoms with E-state index in [2.05, 4.69) is 4.98 Å². The van der Waals surface area contributed by atoms with Crippen LogP contribution in [0.2, 0.25) is 0 Å². The Kier molecular flexibility index (Phi) is 3.45. The third-order valence-corrected chi connectivity index (χ3v) is 3.95. The number of halogens is 1. The van der Waals surface area contributed by atoms with Crippen molar-refractivity contribution < 1.29 is 8.42 Å². The predicted octanol–water partition coefficient (Wildman–Crippen LogP) is 2.74. The number of rotatable bonds is 3. The fourth-order valence-electron chi connectivity index (χ4n) is 1.64. The van der Waals surface area contributed by atoms with E-state index in [9.17, 15) is 8.42 Å². The van der Waals surface area contributed by atoms with Gasteiger partial charge >= 0.3 is 0 Å². The molecule has 0 aliphatic rings. The first kappa shape index (κ1) is 12.1. The monoisotopic (exact) mass is 267 g/mol. The minimum Gasteiger partial charge on any atom is -0.260 e. The fourth-order valence-corrected chi connectivity index (χ4v) is 3.13. The van der Waals surface area contributed by atoms with Crippen LogP contribution in [-0.2, 0) is 9.05 Å². The highest BCUT2D eigenvalue weighted by Gasteiger charge is 2.27. The summed E-state index contributed by atoms with van der Waals surface area (Å²) in [5.74, 6) is 0. The Balaban J connectivity index is 2.56. The molecule has 2 rings (SSSR count). The molecule has 5 heteroatoms. The molecule has 88 valence electrons. The summed E-state index contributed by atoms with van der Waals surface area (Å²) in [6.45, 7) is 0. The van der Waals surface area contributed by atoms with Crippen molar-refractivity contribution in [2.45, 2.75) is 5.25 Å². The molecule has 0 aliphatic heterocycles. The molecule has 0 bridgehead atoms. The zero-order valence-electron chi connectivity index (χ0n) is 8.82. The first-order chi connectivity index (χ1) is 8.09. The lowest BCUT2D eigenvalue weighted by molar-refractivity contribution is 0.602. The van der Waals surface area contributed by atoms with E-state index in [-0.39, 0.29) is 0 Å². The largest absolute Gasteiger partial charge is 0.260 e. The summed E-state index contributed by atoms with van der Waals surface area (Å²) in [7, 11) is 1.74. The maximum absolute atomic E-state index is 11.7. The van der Waals surface area contributed by atoms with Crippen LogP contribution in [0.15, 0.2) is 54.7 Å². The number of nitrogens with zero attached hydrogens (tertiary/aromatic N) is 1. The molecule has 0 fully saturated rings. The average Bonchev–Trinajstić information content (AvgIpc) is 2.30. The van der Waals surface area contributed by atoms with Crippen LogP contribution >= 0.6 is 10.7 Å². The van der Waals surface area contributed by atoms with Crippen molar-refractivity contribution in [3.63, 3.8) is 0 Å². The molecule has 17 heavy (non-hydrogen) atoms. The molecule has 0 spiro atoms. The Morgan fingerprint density at radius 3 is 2.18 bits per heavy atom. The number of hydrogen-bond donors (Lipinski definition) is 0. The van der Waals surface area contributed by atoms with E-state index in [1.54, 1.807) is 48.7 Å². The number of pyridine rings is 1. The summed E-state index contributed by atoms with van der Waals surface area (Å²) in [4.78, 5) is 4.06. The van der Waals surface area contributed by atoms with E-state index in [1.807, 2.05) is 6.07 Å². The maximum Gasteiger partial charge on any atom is 0.245 e. The molecule has 1 heterocycles. The highest BCUT2D eigenvalue weighted by molar-refractivity contribution is 8.14. The van der Waals surface area contributed by atoms with Crippen molar-refractivity contribution in [3.8, 4) is 0 Å². The smallest absolute Gasteiger partial charge is 0.245 e. The molecule has 1 aromatic carbocycles. The highest BCUT2D eigenvalue weighted by Crippen LogP contribution is 2.31. The molecule has 3 nitrogen and oxygen atoms in total. The summed E-state index contributed by atoms with van der Waals surface area (Å²) in [6.07, 6.45) is 1.55. The molecule has 0 amide bonds. The molecule has 1 atom stereocenters. The fraction of sp³-hybridized carbons (Fsp3) is 0.0833. The van der Waals surface area contributed by atoms with Crippen LogP contribution in [0.4, 0.5) is 0 Å². The first-order valence-corrected chi connectivity index (χ1v) is 7.35. The first-order valence-electron chi connectivity index (χ1n) is 4.98. The molecular formula is C12H10ClNO2S. The molecular weight excluding hydrogens is 258 g/mol. The molecule has 0 radical (unpaired) electrons. The quantitative estimate of drug-likeness (QED) is 0.804. The zero-order chi connectivity index (χ0) is 12.3. The summed E-state index contributed by atoms with van der Waals surface area (Å²) in [5.41, 5.74) is 1.04. The molecule has 2 aromatic rings. The van der Waals surface area contributed by atoms with Gasteiger partial charge in [-0.25, -0.2) is 8.42 Å². The van der Waals surface area contributed by atoms with Gasteiger partial charge in [-0.05, 0) is 17.7 Å². The summed E-state index contributed by atoms with van der Waals surface area (Å²) >= 11 is 0. The Morgan fingerprint density at radius 1 is 1.00 bits per heavy atom. The highest BCUT2D eigenvalue weighted by atomic mass is 35.7. The van der Waals surface area contributed by atoms with Gasteiger partial charge in [-0.3, -0.25) is 4.98 Å². The summed E-state index contributed by atoms with van der Waals surface area (Å²) < 4.78 is 23.3. The maximum atomic E-state index is 11.7. The van der Waals surface area contributed by atoms with Gasteiger partial charge in [-0.2, -0.15) is 0 Å². The van der Waals surface area contributed by atoms with Gasteiger partial charge in [-0.1, -0.05) is 36.4 Å². The van der Waals surface area contributed by atoms with E-state index in [4.69, 9.17) is 10.7 Å². The van der Waals surface area contributed by atoms with Gasteiger partial charge in [-0.15, -0.1) is 0 Å². The summed E-state index contributed by atoms with van der Waals surface area (Å²) in [6, 6.07) is 13.9. The van der Waals surface area contributed by atoms with Crippen LogP contribution in [0.25, 0.3) is 0 Å². The van der Waals surface area contributed by atoms with Crippen LogP contribution in [0.5, 0.6) is 0 Å². The minimum atomic E-state index is -3.76. The molecule has 0 N–H and O–H groups in total. The van der Waals surface area contributed by atoms with Crippen molar-refractivity contribution in [1.82, 2.24) is 4.98 Å². The van der Waals surface area contributed by atoms with Crippen molar-refractivity contribution in [3.05, 3.63) is 66.0 Å². The number of aromatic nitrogens is 1. The van der Waals surface area contributed by atoms with Gasteiger partial charge in [0, 0.05) is 16.9 Å². The standard InChI is InChI=1S/C12H10ClNO2S/c13-17(15,16)12(10-6-2-1-3-7-10)11-8-4-5-9-14-11/h1-9,12H. The third kappa shape index (κ3) is 2.84. The lowest BCUT2D eigenvalue weighted by Crippen LogP contribution is -2.10. The van der Waals surface area contributed by atoms with E-state index < -0.39 is 14.3 Å². The SMILES string of the molecule is O=S(=O)(Cl)C(c1ccccc1)c1ccccn1. The second kappa shape index (κ2) is 4.85. The predicted molar refractivity (Wildman–Crippen MR) is 67.3 cm³/mol. The van der Waals surface area contributed by atoms with Crippen LogP contribution in [-0.4, -0.2) is 13.4 Å². The van der Waals surface area contributed by atoms with E-state index in [0.29, 0.717) is 11.3 Å². The number of hydrogen-bond acceptors (Lipinski definition) is 3. The third-order valence-electron chi connectivity index (χ3n) is 2.34. The van der Waals surface area contributed by atoms with Crippen LogP contribution in [0, 0.1) is 0 Å². The Morgan fingerprint density at radius 2 is 1.65 bits per heavy atom. The molecule has 1 unspecified atom stereocenters. The van der Waals surface area contributed by atoms with Gasteiger partial charge in [0.15, 0.2) is 0 Å². The van der Waals surface area contributed by atoms with Gasteiger partial charge in [0.1, 0.15) is 5.25 Å². The van der Waals surface area contributed by atoms with E-state index >= 15 is 0 Å². The Labute approximate surface area is 105 Å². The van der Waals surface area contributed by atoms with E-state index in [1.165, 1.54) is 0 Å². The minimum absolute atomic E-state index is 0.425. The average molecular weight is 268 g/mol. The topological polar surface area (TPSA) is 47.0 Å².